The number of nitrogens with zero attached hydrogens (tertiary/aromatic N) is 4. The molecule has 0 aliphatic heterocycles. The van der Waals surface area contributed by atoms with Crippen LogP contribution in [0.4, 0.5) is 10.1 Å². The average Bonchev–Trinajstić information content (AvgIpc) is 3.38. The summed E-state index contributed by atoms with van der Waals surface area (Å²) in [4.78, 5) is 27.4. The molecule has 1 unspecified atom stereocenters. The zero-order valence-electron chi connectivity index (χ0n) is 22.6. The molecule has 0 saturated carbocycles. The van der Waals surface area contributed by atoms with Crippen LogP contribution in [0.5, 0.6) is 17.2 Å². The highest BCUT2D eigenvalue weighted by molar-refractivity contribution is 7.21. The number of hydrogen-bond acceptors (Lipinski definition) is 11. The van der Waals surface area contributed by atoms with Gasteiger partial charge in [-0.25, -0.2) is 19.3 Å². The van der Waals surface area contributed by atoms with Gasteiger partial charge in [-0.15, -0.1) is 11.3 Å². The first-order valence-corrected chi connectivity index (χ1v) is 13.0. The summed E-state index contributed by atoms with van der Waals surface area (Å²) < 4.78 is 36.3. The number of ether oxygens (including phenoxy) is 4. The van der Waals surface area contributed by atoms with Crippen LogP contribution in [-0.4, -0.2) is 60.4 Å². The number of fused-ring (bicyclic) bond motifs is 2. The Morgan fingerprint density at radius 2 is 1.75 bits per heavy atom. The van der Waals surface area contributed by atoms with Crippen molar-refractivity contribution in [3.05, 3.63) is 60.6 Å². The Morgan fingerprint density at radius 3 is 2.42 bits per heavy atom. The van der Waals surface area contributed by atoms with Gasteiger partial charge in [0.25, 0.3) is 6.47 Å². The van der Waals surface area contributed by atoms with Gasteiger partial charge in [-0.1, -0.05) is 0 Å². The molecule has 5 aromatic rings. The summed E-state index contributed by atoms with van der Waals surface area (Å²) in [6, 6.07) is 8.52. The van der Waals surface area contributed by atoms with Crippen molar-refractivity contribution in [3.8, 4) is 27.8 Å². The van der Waals surface area contributed by atoms with Crippen LogP contribution in [-0.2, 0) is 9.53 Å². The second-order valence-electron chi connectivity index (χ2n) is 8.52. The molecule has 0 aliphatic rings. The van der Waals surface area contributed by atoms with Gasteiger partial charge in [-0.3, -0.25) is 9.78 Å². The number of aryl methyl sites for hydroxylation is 1. The van der Waals surface area contributed by atoms with Gasteiger partial charge in [-0.2, -0.15) is 0 Å². The minimum atomic E-state index is -0.541. The van der Waals surface area contributed by atoms with Gasteiger partial charge in [0.2, 0.25) is 0 Å². The van der Waals surface area contributed by atoms with E-state index < -0.39 is 11.9 Å². The van der Waals surface area contributed by atoms with Crippen molar-refractivity contribution in [2.45, 2.75) is 20.0 Å². The third-order valence-corrected chi connectivity index (χ3v) is 6.72. The fraction of sp³-hybridized carbons (Fsp3) is 0.250. The van der Waals surface area contributed by atoms with Gasteiger partial charge in [-0.05, 0) is 32.0 Å². The number of carbonyl (C=O) groups is 1. The molecule has 1 atom stereocenters. The van der Waals surface area contributed by atoms with Crippen molar-refractivity contribution in [2.75, 3.05) is 33.2 Å². The van der Waals surface area contributed by atoms with Gasteiger partial charge in [0.05, 0.1) is 54.2 Å². The Kier molecular flexibility index (Phi) is 9.23. The molecule has 0 saturated heterocycles. The minimum Gasteiger partial charge on any atom is -0.497 e. The summed E-state index contributed by atoms with van der Waals surface area (Å²) in [5.74, 6) is 1.61. The van der Waals surface area contributed by atoms with Gasteiger partial charge in [0.1, 0.15) is 35.0 Å². The fourth-order valence-electron chi connectivity index (χ4n) is 3.68. The van der Waals surface area contributed by atoms with Crippen molar-refractivity contribution in [1.29, 1.82) is 0 Å². The summed E-state index contributed by atoms with van der Waals surface area (Å²) in [6.45, 7) is 3.91. The largest absolute Gasteiger partial charge is 0.497 e. The van der Waals surface area contributed by atoms with Crippen molar-refractivity contribution < 1.29 is 28.1 Å². The predicted octanol–water partition coefficient (Wildman–Crippen LogP) is 5.43. The summed E-state index contributed by atoms with van der Waals surface area (Å²) in [6.07, 6.45) is 4.65. The summed E-state index contributed by atoms with van der Waals surface area (Å²) in [5, 5.41) is 4.44. The second kappa shape index (κ2) is 13.0. The number of carbonyl (C=O) groups excluding carboxylic acids is 1. The highest BCUT2D eigenvalue weighted by atomic mass is 32.1. The van der Waals surface area contributed by atoms with Crippen LogP contribution >= 0.6 is 11.3 Å². The van der Waals surface area contributed by atoms with Crippen molar-refractivity contribution in [2.24, 2.45) is 0 Å². The normalized spacial score (nSPS) is 11.3. The molecule has 0 spiro atoms. The van der Waals surface area contributed by atoms with Crippen LogP contribution in [0.15, 0.2) is 48.9 Å². The minimum absolute atomic E-state index is 0.0276. The molecule has 3 heterocycles. The maximum Gasteiger partial charge on any atom is 0.293 e. The lowest BCUT2D eigenvalue weighted by Crippen LogP contribution is -2.19. The van der Waals surface area contributed by atoms with Crippen LogP contribution in [0.1, 0.15) is 12.7 Å². The zero-order valence-corrected chi connectivity index (χ0v) is 23.4. The molecule has 1 N–H and O–H groups in total. The number of aromatic nitrogens is 4. The first-order valence-electron chi connectivity index (χ1n) is 12.2. The highest BCUT2D eigenvalue weighted by Gasteiger charge is 2.17. The first kappa shape index (κ1) is 28.4. The Labute approximate surface area is 234 Å². The van der Waals surface area contributed by atoms with Crippen molar-refractivity contribution in [3.63, 3.8) is 0 Å². The van der Waals surface area contributed by atoms with Gasteiger partial charge < -0.3 is 24.3 Å². The maximum absolute atomic E-state index is 14.6. The second-order valence-corrected chi connectivity index (χ2v) is 9.55. The summed E-state index contributed by atoms with van der Waals surface area (Å²) >= 11 is 1.39. The van der Waals surface area contributed by atoms with Gasteiger partial charge >= 0.3 is 0 Å². The van der Waals surface area contributed by atoms with Gasteiger partial charge in [0.15, 0.2) is 11.6 Å². The molecule has 208 valence electrons. The van der Waals surface area contributed by atoms with E-state index in [9.17, 15) is 9.18 Å². The van der Waals surface area contributed by atoms with E-state index in [2.05, 4.69) is 30.0 Å². The Bertz CT molecular complexity index is 1610. The number of rotatable bonds is 9. The molecule has 5 rings (SSSR count). The lowest BCUT2D eigenvalue weighted by molar-refractivity contribution is -0.130. The van der Waals surface area contributed by atoms with Gasteiger partial charge in [0, 0.05) is 30.1 Å². The molecular formula is C28H28FN5O5S. The molecule has 3 aromatic heterocycles. The van der Waals surface area contributed by atoms with E-state index in [-0.39, 0.29) is 12.4 Å². The Balaban J connectivity index is 0.000000350. The van der Waals surface area contributed by atoms with E-state index >= 15 is 0 Å². The molecule has 12 heteroatoms. The zero-order chi connectivity index (χ0) is 28.6. The quantitative estimate of drug-likeness (QED) is 0.232. The topological polar surface area (TPSA) is 118 Å². The van der Waals surface area contributed by atoms with Crippen LogP contribution in [0.2, 0.25) is 0 Å². The number of thiazole rings is 1. The fourth-order valence-corrected chi connectivity index (χ4v) is 4.67. The third-order valence-electron chi connectivity index (χ3n) is 5.67. The average molecular weight is 566 g/mol. The Morgan fingerprint density at radius 1 is 1.02 bits per heavy atom. The summed E-state index contributed by atoms with van der Waals surface area (Å²) in [5.41, 5.74) is 2.96. The van der Waals surface area contributed by atoms with Crippen LogP contribution in [0, 0.1) is 12.7 Å². The van der Waals surface area contributed by atoms with Crippen molar-refractivity contribution >= 4 is 44.6 Å². The van der Waals surface area contributed by atoms with Crippen molar-refractivity contribution in [1.82, 2.24) is 19.9 Å². The SMILES string of the molecule is CNc1cnc(C)nc1.COc1cnc2c(-c3nc4cc(F)c(OC(C)COC=O)cc4s3)cc(OC)cc2c1. The van der Waals surface area contributed by atoms with Crippen LogP contribution < -0.4 is 19.5 Å². The lowest BCUT2D eigenvalue weighted by Gasteiger charge is -2.13. The molecule has 0 bridgehead atoms. The van der Waals surface area contributed by atoms with E-state index in [4.69, 9.17) is 14.2 Å². The molecule has 0 amide bonds. The molecule has 0 aliphatic carbocycles. The number of benzene rings is 2. The van der Waals surface area contributed by atoms with Crippen LogP contribution in [0.3, 0.4) is 0 Å². The van der Waals surface area contributed by atoms with E-state index in [1.807, 2.05) is 32.2 Å². The van der Waals surface area contributed by atoms with E-state index in [1.165, 1.54) is 17.4 Å². The lowest BCUT2D eigenvalue weighted by atomic mass is 10.1. The van der Waals surface area contributed by atoms with E-state index in [1.54, 1.807) is 45.8 Å². The van der Waals surface area contributed by atoms with Crippen LogP contribution in [0.25, 0.3) is 31.7 Å². The van der Waals surface area contributed by atoms with E-state index in [0.717, 1.165) is 32.7 Å². The number of pyridine rings is 1. The predicted molar refractivity (Wildman–Crippen MR) is 152 cm³/mol. The molecule has 2 aromatic carbocycles. The third kappa shape index (κ3) is 6.70. The van der Waals surface area contributed by atoms with E-state index in [0.29, 0.717) is 28.5 Å². The highest BCUT2D eigenvalue weighted by Crippen LogP contribution is 2.39. The smallest absolute Gasteiger partial charge is 0.293 e. The molecule has 10 nitrogen and oxygen atoms in total. The standard InChI is InChI=1S/C22H19FN2O5S.C6H9N3/c1-12(10-29-11-26)30-19-8-20-18(7-17(19)23)25-22(31-20)16-6-14(27-2)4-13-5-15(28-3)9-24-21(13)16;1-5-8-3-6(7-2)4-9-5/h4-9,11-12H,10H2,1-3H3;3-4,7H,1-2H3. The Hall–Kier alpha value is -4.58. The molecule has 40 heavy (non-hydrogen) atoms. The summed E-state index contributed by atoms with van der Waals surface area (Å²) in [7, 11) is 5.01. The first-order chi connectivity index (χ1) is 19.3. The maximum atomic E-state index is 14.6. The molecule has 0 fully saturated rings. The molecule has 0 radical (unpaired) electrons. The number of halogens is 1. The number of hydrogen-bond donors (Lipinski definition) is 1. The monoisotopic (exact) mass is 565 g/mol. The number of methoxy groups -OCH3 is 2. The number of anilines is 1. The molecular weight excluding hydrogens is 537 g/mol. The number of nitrogens with one attached hydrogen (secondary N) is 1.